The van der Waals surface area contributed by atoms with Gasteiger partial charge in [0.05, 0.1) is 35.1 Å². The van der Waals surface area contributed by atoms with Crippen molar-refractivity contribution in [2.75, 3.05) is 19.5 Å². The molecule has 0 aliphatic carbocycles. The van der Waals surface area contributed by atoms with Crippen LogP contribution in [0.1, 0.15) is 36.7 Å². The maximum absolute atomic E-state index is 12.5. The van der Waals surface area contributed by atoms with Gasteiger partial charge in [0.15, 0.2) is 5.84 Å². The highest BCUT2D eigenvalue weighted by molar-refractivity contribution is 6.38. The number of amidine groups is 1. The predicted molar refractivity (Wildman–Crippen MR) is 128 cm³/mol. The first-order chi connectivity index (χ1) is 15.1. The van der Waals surface area contributed by atoms with Crippen molar-refractivity contribution >= 4 is 45.9 Å². The Bertz CT molecular complexity index is 1190. The van der Waals surface area contributed by atoms with E-state index in [2.05, 4.69) is 31.1 Å². The topological polar surface area (TPSA) is 127 Å². The first-order valence-corrected chi connectivity index (χ1v) is 10.2. The Hall–Kier alpha value is -3.59. The van der Waals surface area contributed by atoms with Gasteiger partial charge in [-0.25, -0.2) is 0 Å². The monoisotopic (exact) mass is 455 g/mol. The second kappa shape index (κ2) is 9.27. The molecule has 1 amide bonds. The van der Waals surface area contributed by atoms with Crippen LogP contribution in [-0.2, 0) is 0 Å². The molecule has 0 spiro atoms. The van der Waals surface area contributed by atoms with E-state index in [9.17, 15) is 4.79 Å². The second-order valence-corrected chi connectivity index (χ2v) is 8.44. The maximum Gasteiger partial charge on any atom is 0.255 e. The minimum Gasteiger partial charge on any atom is -0.496 e. The number of carbonyl (C=O) groups is 1. The lowest BCUT2D eigenvalue weighted by atomic mass is 10.1. The number of aliphatic imine (C=N–C) groups is 1. The fourth-order valence-corrected chi connectivity index (χ4v) is 3.22. The van der Waals surface area contributed by atoms with E-state index in [4.69, 9.17) is 21.7 Å². The highest BCUT2D eigenvalue weighted by atomic mass is 35.5. The summed E-state index contributed by atoms with van der Waals surface area (Å²) < 4.78 is 5.38. The van der Waals surface area contributed by atoms with Crippen LogP contribution in [0.2, 0.25) is 5.02 Å². The Morgan fingerprint density at radius 2 is 2.00 bits per heavy atom. The zero-order valence-electron chi connectivity index (χ0n) is 18.6. The highest BCUT2D eigenvalue weighted by Gasteiger charge is 2.19. The molecule has 0 saturated carbocycles. The molecule has 5 N–H and O–H groups in total. The molecule has 9 nitrogen and oxygen atoms in total. The predicted octanol–water partition coefficient (Wildman–Crippen LogP) is 3.77. The number of carbonyl (C=O) groups excluding carboxylic acids is 1. The van der Waals surface area contributed by atoms with Crippen molar-refractivity contribution in [3.05, 3.63) is 52.7 Å². The molecule has 0 aliphatic heterocycles. The van der Waals surface area contributed by atoms with E-state index in [1.165, 1.54) is 7.11 Å². The molecular formula is C22H26ClN7O2. The quantitative estimate of drug-likeness (QED) is 0.302. The number of hydrogen-bond acceptors (Lipinski definition) is 4. The van der Waals surface area contributed by atoms with Crippen LogP contribution in [-0.4, -0.2) is 47.6 Å². The Labute approximate surface area is 191 Å². The minimum atomic E-state index is -0.383. The third-order valence-electron chi connectivity index (χ3n) is 4.48. The van der Waals surface area contributed by atoms with E-state index >= 15 is 0 Å². The van der Waals surface area contributed by atoms with Crippen molar-refractivity contribution in [2.45, 2.75) is 26.3 Å². The summed E-state index contributed by atoms with van der Waals surface area (Å²) in [6.45, 7) is 5.71. The fourth-order valence-electron chi connectivity index (χ4n) is 2.96. The lowest BCUT2D eigenvalue weighted by Gasteiger charge is -2.21. The van der Waals surface area contributed by atoms with Crippen molar-refractivity contribution in [3.63, 3.8) is 0 Å². The van der Waals surface area contributed by atoms with Crippen LogP contribution in [0.25, 0.3) is 10.9 Å². The first kappa shape index (κ1) is 23.1. The lowest BCUT2D eigenvalue weighted by molar-refractivity contribution is 0.0916. The molecule has 3 rings (SSSR count). The summed E-state index contributed by atoms with van der Waals surface area (Å²) >= 11 is 6.46. The fraction of sp³-hybridized carbons (Fsp3) is 0.273. The zero-order chi connectivity index (χ0) is 23.5. The number of rotatable bonds is 4. The smallest absolute Gasteiger partial charge is 0.255 e. The van der Waals surface area contributed by atoms with Gasteiger partial charge in [0.1, 0.15) is 5.75 Å². The minimum absolute atomic E-state index is 0.0246. The number of aromatic nitrogens is 2. The molecule has 1 aromatic heterocycles. The summed E-state index contributed by atoms with van der Waals surface area (Å²) in [7, 11) is 3.17. The summed E-state index contributed by atoms with van der Waals surface area (Å²) in [4.78, 5) is 16.9. The van der Waals surface area contributed by atoms with Crippen LogP contribution < -0.4 is 20.7 Å². The summed E-state index contributed by atoms with van der Waals surface area (Å²) in [6.07, 6.45) is 1.64. The Morgan fingerprint density at radius 1 is 1.25 bits per heavy atom. The molecule has 0 radical (unpaired) electrons. The molecule has 0 aliphatic rings. The number of aromatic amines is 1. The van der Waals surface area contributed by atoms with Crippen LogP contribution in [0.15, 0.2) is 41.5 Å². The number of guanidine groups is 1. The number of H-pyrrole nitrogens is 1. The van der Waals surface area contributed by atoms with Gasteiger partial charge in [-0.05, 0) is 45.0 Å². The number of benzene rings is 2. The molecule has 2 aromatic carbocycles. The molecule has 168 valence electrons. The molecule has 0 saturated heterocycles. The van der Waals surface area contributed by atoms with E-state index in [1.807, 2.05) is 26.8 Å². The van der Waals surface area contributed by atoms with E-state index < -0.39 is 0 Å². The molecule has 0 bridgehead atoms. The summed E-state index contributed by atoms with van der Waals surface area (Å²) in [5.74, 6) is 0.408. The summed E-state index contributed by atoms with van der Waals surface area (Å²) in [6, 6.07) is 8.53. The van der Waals surface area contributed by atoms with Gasteiger partial charge in [0, 0.05) is 23.5 Å². The average Bonchev–Trinajstić information content (AvgIpc) is 3.22. The summed E-state index contributed by atoms with van der Waals surface area (Å²) in [5, 5.41) is 25.4. The van der Waals surface area contributed by atoms with Gasteiger partial charge in [0.2, 0.25) is 5.96 Å². The number of fused-ring (bicyclic) bond motifs is 1. The molecule has 1 heterocycles. The largest absolute Gasteiger partial charge is 0.496 e. The van der Waals surface area contributed by atoms with E-state index in [0.717, 1.165) is 10.9 Å². The van der Waals surface area contributed by atoms with Crippen LogP contribution in [0.3, 0.4) is 0 Å². The summed E-state index contributed by atoms with van der Waals surface area (Å²) in [5.41, 5.74) is 1.92. The van der Waals surface area contributed by atoms with Gasteiger partial charge in [-0.15, -0.1) is 0 Å². The van der Waals surface area contributed by atoms with Crippen molar-refractivity contribution in [3.8, 4) is 5.75 Å². The van der Waals surface area contributed by atoms with Gasteiger partial charge in [-0.1, -0.05) is 17.7 Å². The van der Waals surface area contributed by atoms with E-state index in [1.54, 1.807) is 37.5 Å². The van der Waals surface area contributed by atoms with Gasteiger partial charge >= 0.3 is 0 Å². The normalized spacial score (nSPS) is 11.9. The SMILES string of the molecule is CN/C(=N\C(=N)c1ccc(C(=O)NC(C)(C)C)c(OC)c1)Nc1ccc2[nH]ncc2c1Cl. The van der Waals surface area contributed by atoms with Crippen molar-refractivity contribution < 1.29 is 9.53 Å². The standard InChI is InChI=1S/C22H26ClN7O2/c1-22(2,3)29-20(31)13-7-6-12(10-17(13)32-5)19(24)28-21(25-4)27-16-9-8-15-14(18(16)23)11-26-30-15/h6-11H,1-5H3,(H,26,30)(H,29,31)(H3,24,25,27,28). The number of amides is 1. The van der Waals surface area contributed by atoms with Crippen LogP contribution in [0, 0.1) is 5.41 Å². The van der Waals surface area contributed by atoms with Gasteiger partial charge in [-0.3, -0.25) is 15.3 Å². The molecule has 0 atom stereocenters. The van der Waals surface area contributed by atoms with Crippen molar-refractivity contribution in [1.29, 1.82) is 5.41 Å². The second-order valence-electron chi connectivity index (χ2n) is 8.06. The zero-order valence-corrected chi connectivity index (χ0v) is 19.3. The van der Waals surface area contributed by atoms with Crippen molar-refractivity contribution in [2.24, 2.45) is 4.99 Å². The lowest BCUT2D eigenvalue weighted by Crippen LogP contribution is -2.40. The molecular weight excluding hydrogens is 430 g/mol. The Morgan fingerprint density at radius 3 is 2.66 bits per heavy atom. The Balaban J connectivity index is 1.84. The van der Waals surface area contributed by atoms with E-state index in [-0.39, 0.29) is 17.3 Å². The number of hydrogen-bond donors (Lipinski definition) is 5. The Kier molecular flexibility index (Phi) is 6.69. The van der Waals surface area contributed by atoms with Gasteiger partial charge < -0.3 is 20.7 Å². The van der Waals surface area contributed by atoms with Crippen molar-refractivity contribution in [1.82, 2.24) is 20.8 Å². The van der Waals surface area contributed by atoms with Crippen LogP contribution in [0.5, 0.6) is 5.75 Å². The van der Waals surface area contributed by atoms with Gasteiger partial charge in [-0.2, -0.15) is 10.1 Å². The average molecular weight is 456 g/mol. The molecule has 10 heteroatoms. The molecule has 0 fully saturated rings. The third-order valence-corrected chi connectivity index (χ3v) is 4.89. The van der Waals surface area contributed by atoms with E-state index in [0.29, 0.717) is 33.5 Å². The maximum atomic E-state index is 12.5. The van der Waals surface area contributed by atoms with Crippen LogP contribution in [0.4, 0.5) is 5.69 Å². The highest BCUT2D eigenvalue weighted by Crippen LogP contribution is 2.29. The number of nitrogens with zero attached hydrogens (tertiary/aromatic N) is 2. The van der Waals surface area contributed by atoms with Crippen LogP contribution >= 0.6 is 11.6 Å². The third kappa shape index (κ3) is 5.17. The number of methoxy groups -OCH3 is 1. The number of anilines is 1. The number of halogens is 1. The molecule has 3 aromatic rings. The number of nitrogens with one attached hydrogen (secondary N) is 5. The van der Waals surface area contributed by atoms with Gasteiger partial charge in [0.25, 0.3) is 5.91 Å². The molecule has 32 heavy (non-hydrogen) atoms. The molecule has 0 unspecified atom stereocenters. The first-order valence-electron chi connectivity index (χ1n) is 9.87. The number of ether oxygens (including phenoxy) is 1.